The molecule has 1 saturated heterocycles. The number of carbonyl (C=O) groups is 1. The maximum atomic E-state index is 11.3. The minimum atomic E-state index is -0.0633. The zero-order valence-electron chi connectivity index (χ0n) is 19.5. The van der Waals surface area contributed by atoms with Gasteiger partial charge in [-0.15, -0.1) is 0 Å². The number of rotatable bonds is 7. The molecule has 4 rings (SSSR count). The van der Waals surface area contributed by atoms with Crippen LogP contribution in [-0.4, -0.2) is 36.7 Å². The van der Waals surface area contributed by atoms with Gasteiger partial charge in [-0.3, -0.25) is 9.69 Å². The van der Waals surface area contributed by atoms with Crippen LogP contribution >= 0.6 is 0 Å². The van der Waals surface area contributed by atoms with Gasteiger partial charge in [0.05, 0.1) is 20.3 Å². The number of anilines is 1. The van der Waals surface area contributed by atoms with Gasteiger partial charge in [0.15, 0.2) is 17.3 Å². The van der Waals surface area contributed by atoms with Gasteiger partial charge < -0.3 is 19.3 Å². The van der Waals surface area contributed by atoms with Gasteiger partial charge in [-0.05, 0) is 55.3 Å². The van der Waals surface area contributed by atoms with Gasteiger partial charge in [-0.25, -0.2) is 0 Å². The number of carbonyl (C=O) groups excluding carboxylic acids is 1. The molecule has 0 spiro atoms. The smallest absolute Gasteiger partial charge is 0.221 e. The van der Waals surface area contributed by atoms with E-state index in [1.54, 1.807) is 14.2 Å². The molecule has 0 radical (unpaired) electrons. The Morgan fingerprint density at radius 1 is 1.06 bits per heavy atom. The van der Waals surface area contributed by atoms with Crippen molar-refractivity contribution in [1.29, 1.82) is 0 Å². The van der Waals surface area contributed by atoms with E-state index in [1.807, 2.05) is 36.4 Å². The highest BCUT2D eigenvalue weighted by molar-refractivity contribution is 5.88. The van der Waals surface area contributed by atoms with Crippen LogP contribution in [0.5, 0.6) is 11.5 Å². The van der Waals surface area contributed by atoms with Gasteiger partial charge in [0, 0.05) is 30.8 Å². The van der Waals surface area contributed by atoms with Crippen LogP contribution in [0.4, 0.5) is 5.69 Å². The Morgan fingerprint density at radius 2 is 1.85 bits per heavy atom. The summed E-state index contributed by atoms with van der Waals surface area (Å²) in [6.45, 7) is 3.35. The lowest BCUT2D eigenvalue weighted by Gasteiger charge is -2.28. The van der Waals surface area contributed by atoms with Crippen molar-refractivity contribution in [3.63, 3.8) is 0 Å². The monoisotopic (exact) mass is 449 g/mol. The molecule has 1 atom stereocenters. The third-order valence-corrected chi connectivity index (χ3v) is 6.06. The number of nitrogens with zero attached hydrogens (tertiary/aromatic N) is 2. The summed E-state index contributed by atoms with van der Waals surface area (Å²) in [4.78, 5) is 13.8. The highest BCUT2D eigenvalue weighted by Crippen LogP contribution is 2.36. The second-order valence-electron chi connectivity index (χ2n) is 8.40. The fourth-order valence-electron chi connectivity index (χ4n) is 4.39. The molecular formula is C26H31N3O4. The summed E-state index contributed by atoms with van der Waals surface area (Å²) in [5.74, 6) is 1.99. The van der Waals surface area contributed by atoms with Crippen LogP contribution < -0.4 is 14.8 Å². The summed E-state index contributed by atoms with van der Waals surface area (Å²) >= 11 is 0. The minimum absolute atomic E-state index is 0.0633. The molecule has 3 aromatic rings. The molecule has 1 unspecified atom stereocenters. The van der Waals surface area contributed by atoms with Crippen LogP contribution in [0.3, 0.4) is 0 Å². The summed E-state index contributed by atoms with van der Waals surface area (Å²) in [5, 5.41) is 7.28. The third kappa shape index (κ3) is 5.54. The summed E-state index contributed by atoms with van der Waals surface area (Å²) in [6, 6.07) is 16.0. The Hall–Kier alpha value is -3.32. The van der Waals surface area contributed by atoms with Crippen molar-refractivity contribution < 1.29 is 18.8 Å². The number of amides is 1. The van der Waals surface area contributed by atoms with Crippen LogP contribution in [0.15, 0.2) is 53.1 Å². The maximum absolute atomic E-state index is 11.3. The fourth-order valence-corrected chi connectivity index (χ4v) is 4.39. The lowest BCUT2D eigenvalue weighted by atomic mass is 10.0. The first-order valence-electron chi connectivity index (χ1n) is 11.4. The number of methoxy groups -OCH3 is 2. The first-order valence-corrected chi connectivity index (χ1v) is 11.4. The van der Waals surface area contributed by atoms with Crippen molar-refractivity contribution in [3.05, 3.63) is 59.8 Å². The Bertz CT molecular complexity index is 1080. The molecule has 1 fully saturated rings. The van der Waals surface area contributed by atoms with Crippen molar-refractivity contribution in [2.75, 3.05) is 26.1 Å². The number of likely N-dealkylation sites (tertiary alicyclic amines) is 1. The topological polar surface area (TPSA) is 76.8 Å². The minimum Gasteiger partial charge on any atom is -0.493 e. The predicted octanol–water partition coefficient (Wildman–Crippen LogP) is 5.43. The van der Waals surface area contributed by atoms with E-state index in [9.17, 15) is 4.79 Å². The standard InChI is InChI=1S/C26H31N3O4/c1-18(30)27-21-11-8-19(9-12-21)17-29-14-6-4-5-7-23(29)22-16-25(33-28-22)20-10-13-24(31-2)26(15-20)32-3/h8-13,15-16,23H,4-7,14,17H2,1-3H3,(H,27,30). The van der Waals surface area contributed by atoms with E-state index in [-0.39, 0.29) is 11.9 Å². The quantitative estimate of drug-likeness (QED) is 0.518. The molecule has 7 heteroatoms. The van der Waals surface area contributed by atoms with Crippen molar-refractivity contribution in [1.82, 2.24) is 10.1 Å². The molecule has 0 bridgehead atoms. The van der Waals surface area contributed by atoms with Crippen molar-refractivity contribution in [2.45, 2.75) is 45.2 Å². The number of hydrogen-bond donors (Lipinski definition) is 1. The predicted molar refractivity (Wildman–Crippen MR) is 127 cm³/mol. The molecule has 0 saturated carbocycles. The summed E-state index contributed by atoms with van der Waals surface area (Å²) in [5.41, 5.74) is 3.88. The molecular weight excluding hydrogens is 418 g/mol. The highest BCUT2D eigenvalue weighted by atomic mass is 16.5. The molecule has 2 heterocycles. The molecule has 1 aromatic heterocycles. The Morgan fingerprint density at radius 3 is 2.58 bits per heavy atom. The average molecular weight is 450 g/mol. The first kappa shape index (κ1) is 22.9. The molecule has 174 valence electrons. The fraction of sp³-hybridized carbons (Fsp3) is 0.385. The van der Waals surface area contributed by atoms with Crippen molar-refractivity contribution >= 4 is 11.6 Å². The van der Waals surface area contributed by atoms with Gasteiger partial charge in [-0.1, -0.05) is 30.1 Å². The second-order valence-corrected chi connectivity index (χ2v) is 8.40. The molecule has 7 nitrogen and oxygen atoms in total. The number of hydrogen-bond acceptors (Lipinski definition) is 6. The molecule has 0 aliphatic carbocycles. The molecule has 1 N–H and O–H groups in total. The largest absolute Gasteiger partial charge is 0.493 e. The van der Waals surface area contributed by atoms with E-state index in [2.05, 4.69) is 27.5 Å². The van der Waals surface area contributed by atoms with Crippen LogP contribution in [0.1, 0.15) is 49.9 Å². The number of aromatic nitrogens is 1. The van der Waals surface area contributed by atoms with Gasteiger partial charge >= 0.3 is 0 Å². The molecule has 2 aromatic carbocycles. The number of benzene rings is 2. The van der Waals surface area contributed by atoms with Crippen LogP contribution in [0, 0.1) is 0 Å². The Kier molecular flexibility index (Phi) is 7.29. The average Bonchev–Trinajstić information content (AvgIpc) is 3.20. The SMILES string of the molecule is COc1ccc(-c2cc(C3CCCCCN3Cc3ccc(NC(C)=O)cc3)no2)cc1OC. The van der Waals surface area contributed by atoms with Gasteiger partial charge in [0.1, 0.15) is 5.69 Å². The second kappa shape index (κ2) is 10.5. The molecule has 1 amide bonds. The number of nitrogens with one attached hydrogen (secondary N) is 1. The lowest BCUT2D eigenvalue weighted by Crippen LogP contribution is -2.28. The normalized spacial score (nSPS) is 16.8. The lowest BCUT2D eigenvalue weighted by molar-refractivity contribution is -0.114. The van der Waals surface area contributed by atoms with E-state index in [1.165, 1.54) is 31.7 Å². The van der Waals surface area contributed by atoms with E-state index < -0.39 is 0 Å². The summed E-state index contributed by atoms with van der Waals surface area (Å²) in [6.07, 6.45) is 4.60. The summed E-state index contributed by atoms with van der Waals surface area (Å²) in [7, 11) is 3.25. The Balaban J connectivity index is 1.54. The molecule has 1 aliphatic heterocycles. The van der Waals surface area contributed by atoms with E-state index >= 15 is 0 Å². The summed E-state index contributed by atoms with van der Waals surface area (Å²) < 4.78 is 16.5. The van der Waals surface area contributed by atoms with E-state index in [4.69, 9.17) is 14.0 Å². The van der Waals surface area contributed by atoms with E-state index in [0.717, 1.165) is 42.2 Å². The van der Waals surface area contributed by atoms with Crippen LogP contribution in [0.25, 0.3) is 11.3 Å². The van der Waals surface area contributed by atoms with Gasteiger partial charge in [0.2, 0.25) is 5.91 Å². The van der Waals surface area contributed by atoms with Crippen molar-refractivity contribution in [3.8, 4) is 22.8 Å². The van der Waals surface area contributed by atoms with E-state index in [0.29, 0.717) is 11.5 Å². The zero-order valence-corrected chi connectivity index (χ0v) is 19.5. The first-order chi connectivity index (χ1) is 16.1. The molecule has 33 heavy (non-hydrogen) atoms. The Labute approximate surface area is 194 Å². The highest BCUT2D eigenvalue weighted by Gasteiger charge is 2.26. The molecule has 1 aliphatic rings. The van der Waals surface area contributed by atoms with Crippen LogP contribution in [-0.2, 0) is 11.3 Å². The van der Waals surface area contributed by atoms with Crippen molar-refractivity contribution in [2.24, 2.45) is 0 Å². The maximum Gasteiger partial charge on any atom is 0.221 e. The van der Waals surface area contributed by atoms with Gasteiger partial charge in [-0.2, -0.15) is 0 Å². The third-order valence-electron chi connectivity index (χ3n) is 6.06. The van der Waals surface area contributed by atoms with Crippen LogP contribution in [0.2, 0.25) is 0 Å². The zero-order chi connectivity index (χ0) is 23.2. The van der Waals surface area contributed by atoms with Gasteiger partial charge in [0.25, 0.3) is 0 Å². The number of ether oxygens (including phenoxy) is 2.